The molecule has 1 aliphatic carbocycles. The molecule has 0 unspecified atom stereocenters. The van der Waals surface area contributed by atoms with Gasteiger partial charge in [-0.05, 0) is 41.3 Å². The Bertz CT molecular complexity index is 1240. The normalized spacial score (nSPS) is 19.3. The van der Waals surface area contributed by atoms with Gasteiger partial charge in [0.25, 0.3) is 0 Å². The van der Waals surface area contributed by atoms with Gasteiger partial charge in [-0.3, -0.25) is 4.79 Å². The number of rotatable bonds is 4. The highest BCUT2D eigenvalue weighted by atomic mass is 16.1. The molecule has 0 aliphatic heterocycles. The number of allylic oxidation sites excluding steroid dienone is 3. The molecule has 0 fully saturated rings. The van der Waals surface area contributed by atoms with Gasteiger partial charge in [-0.25, -0.2) is 4.68 Å². The number of nitrogens with zero attached hydrogens (tertiary/aromatic N) is 3. The third-order valence-corrected chi connectivity index (χ3v) is 5.61. The fraction of sp³-hybridized carbons (Fsp3) is 0.115. The molecule has 1 heterocycles. The van der Waals surface area contributed by atoms with Crippen LogP contribution < -0.4 is 0 Å². The van der Waals surface area contributed by atoms with E-state index in [0.29, 0.717) is 0 Å². The lowest BCUT2D eigenvalue weighted by Gasteiger charge is -2.30. The molecule has 0 radical (unpaired) electrons. The molecule has 4 aromatic rings. The van der Waals surface area contributed by atoms with Crippen molar-refractivity contribution in [1.29, 1.82) is 0 Å². The predicted octanol–water partition coefficient (Wildman–Crippen LogP) is 5.37. The highest BCUT2D eigenvalue weighted by molar-refractivity contribution is 5.97. The van der Waals surface area contributed by atoms with Crippen LogP contribution in [-0.2, 0) is 4.79 Å². The number of ketones is 1. The quantitative estimate of drug-likeness (QED) is 0.470. The fourth-order valence-electron chi connectivity index (χ4n) is 4.16. The minimum absolute atomic E-state index is 0.00997. The van der Waals surface area contributed by atoms with Crippen LogP contribution in [0.4, 0.5) is 0 Å². The SMILES string of the molecule is O=C1C=C(/C=C/c2ccccc2)C[C@H](c2ccccc2)[C@H]1n1nnc2ccccc21. The van der Waals surface area contributed by atoms with Crippen molar-refractivity contribution in [3.8, 4) is 0 Å². The van der Waals surface area contributed by atoms with Crippen LogP contribution in [0.3, 0.4) is 0 Å². The molecule has 4 heteroatoms. The van der Waals surface area contributed by atoms with Gasteiger partial charge in [0.1, 0.15) is 11.6 Å². The minimum Gasteiger partial charge on any atom is -0.292 e. The number of aromatic nitrogens is 3. The van der Waals surface area contributed by atoms with E-state index < -0.39 is 6.04 Å². The summed E-state index contributed by atoms with van der Waals surface area (Å²) in [7, 11) is 0. The van der Waals surface area contributed by atoms with E-state index in [0.717, 1.165) is 34.2 Å². The van der Waals surface area contributed by atoms with Gasteiger partial charge in [0, 0.05) is 5.92 Å². The van der Waals surface area contributed by atoms with E-state index in [1.807, 2.05) is 60.7 Å². The van der Waals surface area contributed by atoms with Crippen LogP contribution in [0.5, 0.6) is 0 Å². The van der Waals surface area contributed by atoms with Crippen LogP contribution >= 0.6 is 0 Å². The van der Waals surface area contributed by atoms with Gasteiger partial charge in [0.2, 0.25) is 0 Å². The van der Waals surface area contributed by atoms with Crippen molar-refractivity contribution < 1.29 is 4.79 Å². The summed E-state index contributed by atoms with van der Waals surface area (Å²) in [5.41, 5.74) is 4.96. The topological polar surface area (TPSA) is 47.8 Å². The Balaban J connectivity index is 1.56. The second-order valence-electron chi connectivity index (χ2n) is 7.55. The van der Waals surface area contributed by atoms with Crippen LogP contribution in [0, 0.1) is 0 Å². The van der Waals surface area contributed by atoms with Gasteiger partial charge < -0.3 is 0 Å². The van der Waals surface area contributed by atoms with E-state index >= 15 is 0 Å². The molecule has 2 atom stereocenters. The Morgan fingerprint density at radius 1 is 0.833 bits per heavy atom. The second-order valence-corrected chi connectivity index (χ2v) is 7.55. The Morgan fingerprint density at radius 2 is 1.53 bits per heavy atom. The Morgan fingerprint density at radius 3 is 2.33 bits per heavy atom. The fourth-order valence-corrected chi connectivity index (χ4v) is 4.16. The number of para-hydroxylation sites is 1. The average Bonchev–Trinajstić information content (AvgIpc) is 3.22. The highest BCUT2D eigenvalue weighted by Crippen LogP contribution is 2.40. The van der Waals surface area contributed by atoms with E-state index in [9.17, 15) is 4.79 Å². The van der Waals surface area contributed by atoms with Gasteiger partial charge in [-0.15, -0.1) is 5.10 Å². The molecule has 5 rings (SSSR count). The molecule has 0 N–H and O–H groups in total. The molecule has 3 aromatic carbocycles. The number of carbonyl (C=O) groups is 1. The first kappa shape index (κ1) is 18.3. The first-order chi connectivity index (χ1) is 14.8. The van der Waals surface area contributed by atoms with Crippen molar-refractivity contribution in [3.05, 3.63) is 114 Å². The standard InChI is InChI=1S/C26H21N3O/c30-25-18-20(16-15-19-9-3-1-4-10-19)17-22(21-11-5-2-6-12-21)26(25)29-24-14-8-7-13-23(24)27-28-29/h1-16,18,22,26H,17H2/b16-15+/t22-,26-/m1/s1. The molecule has 1 aliphatic rings. The van der Waals surface area contributed by atoms with Crippen molar-refractivity contribution in [2.45, 2.75) is 18.4 Å². The van der Waals surface area contributed by atoms with Gasteiger partial charge in [0.05, 0.1) is 5.52 Å². The molecule has 0 spiro atoms. The summed E-state index contributed by atoms with van der Waals surface area (Å²) >= 11 is 0. The highest BCUT2D eigenvalue weighted by Gasteiger charge is 2.35. The number of carbonyl (C=O) groups excluding carboxylic acids is 1. The lowest BCUT2D eigenvalue weighted by molar-refractivity contribution is -0.118. The molecule has 0 saturated heterocycles. The molecule has 146 valence electrons. The second kappa shape index (κ2) is 7.91. The van der Waals surface area contributed by atoms with Crippen molar-refractivity contribution >= 4 is 22.9 Å². The minimum atomic E-state index is -0.409. The number of benzene rings is 3. The van der Waals surface area contributed by atoms with Crippen molar-refractivity contribution in [2.75, 3.05) is 0 Å². The zero-order valence-electron chi connectivity index (χ0n) is 16.4. The summed E-state index contributed by atoms with van der Waals surface area (Å²) in [5.74, 6) is 0.0442. The number of hydrogen-bond donors (Lipinski definition) is 0. The maximum atomic E-state index is 13.3. The summed E-state index contributed by atoms with van der Waals surface area (Å²) in [6.45, 7) is 0. The van der Waals surface area contributed by atoms with E-state index in [2.05, 4.69) is 46.7 Å². The maximum absolute atomic E-state index is 13.3. The molecule has 30 heavy (non-hydrogen) atoms. The van der Waals surface area contributed by atoms with E-state index in [1.165, 1.54) is 0 Å². The lowest BCUT2D eigenvalue weighted by Crippen LogP contribution is -2.29. The summed E-state index contributed by atoms with van der Waals surface area (Å²) in [6, 6.07) is 27.7. The van der Waals surface area contributed by atoms with Crippen molar-refractivity contribution in [2.24, 2.45) is 0 Å². The zero-order valence-corrected chi connectivity index (χ0v) is 16.4. The number of hydrogen-bond acceptors (Lipinski definition) is 3. The third-order valence-electron chi connectivity index (χ3n) is 5.61. The summed E-state index contributed by atoms with van der Waals surface area (Å²) in [5, 5.41) is 8.64. The average molecular weight is 391 g/mol. The molecular weight excluding hydrogens is 370 g/mol. The maximum Gasteiger partial charge on any atom is 0.181 e. The Labute approximate surface area is 175 Å². The van der Waals surface area contributed by atoms with Crippen molar-refractivity contribution in [3.63, 3.8) is 0 Å². The molecule has 4 nitrogen and oxygen atoms in total. The van der Waals surface area contributed by atoms with Crippen LogP contribution in [0.25, 0.3) is 17.1 Å². The molecule has 0 saturated carbocycles. The van der Waals surface area contributed by atoms with Crippen LogP contribution in [0.15, 0.2) is 103 Å². The van der Waals surface area contributed by atoms with Crippen LogP contribution in [0.2, 0.25) is 0 Å². The molecular formula is C26H21N3O. The van der Waals surface area contributed by atoms with Gasteiger partial charge >= 0.3 is 0 Å². The zero-order chi connectivity index (χ0) is 20.3. The van der Waals surface area contributed by atoms with E-state index in [4.69, 9.17) is 0 Å². The predicted molar refractivity (Wildman–Crippen MR) is 119 cm³/mol. The molecule has 1 aromatic heterocycles. The Kier molecular flexibility index (Phi) is 4.81. The molecule has 0 amide bonds. The first-order valence-electron chi connectivity index (χ1n) is 10.1. The third kappa shape index (κ3) is 3.48. The largest absolute Gasteiger partial charge is 0.292 e. The van der Waals surface area contributed by atoms with E-state index in [-0.39, 0.29) is 11.7 Å². The lowest BCUT2D eigenvalue weighted by atomic mass is 9.79. The van der Waals surface area contributed by atoms with Gasteiger partial charge in [-0.1, -0.05) is 90.2 Å². The first-order valence-corrected chi connectivity index (χ1v) is 10.1. The summed E-state index contributed by atoms with van der Waals surface area (Å²) in [6.07, 6.45) is 6.64. The van der Waals surface area contributed by atoms with Gasteiger partial charge in [0.15, 0.2) is 5.78 Å². The Hall–Kier alpha value is -3.79. The van der Waals surface area contributed by atoms with Crippen LogP contribution in [-0.4, -0.2) is 20.8 Å². The van der Waals surface area contributed by atoms with Crippen molar-refractivity contribution in [1.82, 2.24) is 15.0 Å². The summed E-state index contributed by atoms with van der Waals surface area (Å²) in [4.78, 5) is 13.3. The van der Waals surface area contributed by atoms with Gasteiger partial charge in [-0.2, -0.15) is 0 Å². The summed E-state index contributed by atoms with van der Waals surface area (Å²) < 4.78 is 1.80. The molecule has 0 bridgehead atoms. The monoisotopic (exact) mass is 391 g/mol. The van der Waals surface area contributed by atoms with Crippen LogP contribution in [0.1, 0.15) is 29.5 Å². The smallest absolute Gasteiger partial charge is 0.181 e. The number of fused-ring (bicyclic) bond motifs is 1. The van der Waals surface area contributed by atoms with E-state index in [1.54, 1.807) is 10.8 Å².